The molecule has 9 heteroatoms. The summed E-state index contributed by atoms with van der Waals surface area (Å²) in [6, 6.07) is 23.4. The molecular formula is C31H38ClN3O4S. The van der Waals surface area contributed by atoms with E-state index < -0.39 is 16.1 Å². The Morgan fingerprint density at radius 1 is 0.925 bits per heavy atom. The summed E-state index contributed by atoms with van der Waals surface area (Å²) in [4.78, 5) is 28.8. The van der Waals surface area contributed by atoms with Crippen molar-refractivity contribution in [1.82, 2.24) is 10.2 Å². The molecule has 214 valence electrons. The first-order chi connectivity index (χ1) is 19.1. The highest BCUT2D eigenvalue weighted by atomic mass is 35.5. The number of carbonyl (C=O) groups excluding carboxylic acids is 2. The smallest absolute Gasteiger partial charge is 0.243 e. The van der Waals surface area contributed by atoms with Crippen LogP contribution in [0.25, 0.3) is 0 Å². The Balaban J connectivity index is 1.87. The molecular weight excluding hydrogens is 546 g/mol. The summed E-state index contributed by atoms with van der Waals surface area (Å²) in [6.45, 7) is 4.71. The Bertz CT molecular complexity index is 1360. The molecule has 40 heavy (non-hydrogen) atoms. The van der Waals surface area contributed by atoms with Gasteiger partial charge in [0, 0.05) is 37.5 Å². The van der Waals surface area contributed by atoms with Gasteiger partial charge in [0.1, 0.15) is 6.04 Å². The van der Waals surface area contributed by atoms with Gasteiger partial charge >= 0.3 is 0 Å². The average molecular weight is 584 g/mol. The first-order valence-corrected chi connectivity index (χ1v) is 15.7. The molecule has 2 amide bonds. The largest absolute Gasteiger partial charge is 0.354 e. The second kappa shape index (κ2) is 14.9. The fraction of sp³-hybridized carbons (Fsp3) is 0.355. The van der Waals surface area contributed by atoms with Crippen molar-refractivity contribution in [2.24, 2.45) is 0 Å². The van der Waals surface area contributed by atoms with Gasteiger partial charge in [0.2, 0.25) is 21.8 Å². The minimum Gasteiger partial charge on any atom is -0.354 e. The lowest BCUT2D eigenvalue weighted by Crippen LogP contribution is -2.50. The number of carbonyl (C=O) groups is 2. The van der Waals surface area contributed by atoms with Gasteiger partial charge in [0.15, 0.2) is 0 Å². The third-order valence-corrected chi connectivity index (χ3v) is 8.05. The van der Waals surface area contributed by atoms with Crippen molar-refractivity contribution in [2.45, 2.75) is 52.1 Å². The minimum absolute atomic E-state index is 0.0812. The summed E-state index contributed by atoms with van der Waals surface area (Å²) >= 11 is 6.09. The van der Waals surface area contributed by atoms with Crippen LogP contribution in [0.15, 0.2) is 78.9 Å². The Hall–Kier alpha value is -3.36. The van der Waals surface area contributed by atoms with E-state index in [1.807, 2.05) is 68.4 Å². The number of hydrogen-bond acceptors (Lipinski definition) is 4. The fourth-order valence-corrected chi connectivity index (χ4v) is 5.68. The molecule has 7 nitrogen and oxygen atoms in total. The van der Waals surface area contributed by atoms with Crippen LogP contribution < -0.4 is 9.62 Å². The zero-order valence-electron chi connectivity index (χ0n) is 23.3. The van der Waals surface area contributed by atoms with Crippen LogP contribution in [0, 0.1) is 6.92 Å². The topological polar surface area (TPSA) is 86.8 Å². The molecule has 1 N–H and O–H groups in total. The maximum absolute atomic E-state index is 13.8. The zero-order valence-corrected chi connectivity index (χ0v) is 24.9. The van der Waals surface area contributed by atoms with Gasteiger partial charge in [-0.15, -0.1) is 0 Å². The second-order valence-electron chi connectivity index (χ2n) is 9.87. The third-order valence-electron chi connectivity index (χ3n) is 6.62. The molecule has 3 aromatic rings. The lowest BCUT2D eigenvalue weighted by molar-refractivity contribution is -0.141. The molecule has 0 saturated carbocycles. The van der Waals surface area contributed by atoms with Crippen LogP contribution >= 0.6 is 11.6 Å². The van der Waals surface area contributed by atoms with Crippen LogP contribution in [0.5, 0.6) is 0 Å². The number of rotatable bonds is 14. The molecule has 0 radical (unpaired) electrons. The van der Waals surface area contributed by atoms with Gasteiger partial charge in [-0.25, -0.2) is 8.42 Å². The number of sulfonamides is 1. The van der Waals surface area contributed by atoms with E-state index in [0.29, 0.717) is 30.1 Å². The highest BCUT2D eigenvalue weighted by Gasteiger charge is 2.30. The quantitative estimate of drug-likeness (QED) is 0.277. The van der Waals surface area contributed by atoms with Crippen molar-refractivity contribution in [1.29, 1.82) is 0 Å². The number of anilines is 1. The number of hydrogen-bond donors (Lipinski definition) is 1. The van der Waals surface area contributed by atoms with Crippen LogP contribution in [0.4, 0.5) is 5.69 Å². The lowest BCUT2D eigenvalue weighted by atomic mass is 10.0. The molecule has 0 spiro atoms. The van der Waals surface area contributed by atoms with Crippen molar-refractivity contribution in [3.05, 3.63) is 101 Å². The molecule has 3 aromatic carbocycles. The molecule has 0 bridgehead atoms. The van der Waals surface area contributed by atoms with Gasteiger partial charge in [-0.2, -0.15) is 0 Å². The molecule has 0 unspecified atom stereocenters. The van der Waals surface area contributed by atoms with Crippen LogP contribution in [0.3, 0.4) is 0 Å². The van der Waals surface area contributed by atoms with Crippen molar-refractivity contribution >= 4 is 39.1 Å². The first-order valence-electron chi connectivity index (χ1n) is 13.5. The van der Waals surface area contributed by atoms with Gasteiger partial charge in [0.05, 0.1) is 11.9 Å². The van der Waals surface area contributed by atoms with Crippen LogP contribution in [-0.4, -0.2) is 50.5 Å². The number of nitrogens with zero attached hydrogens (tertiary/aromatic N) is 2. The molecule has 0 heterocycles. The zero-order chi connectivity index (χ0) is 29.1. The van der Waals surface area contributed by atoms with E-state index in [1.54, 1.807) is 29.2 Å². The monoisotopic (exact) mass is 583 g/mol. The summed E-state index contributed by atoms with van der Waals surface area (Å²) in [7, 11) is -3.56. The minimum atomic E-state index is -3.56. The molecule has 0 aliphatic rings. The highest BCUT2D eigenvalue weighted by Crippen LogP contribution is 2.23. The number of amides is 2. The maximum Gasteiger partial charge on any atom is 0.243 e. The molecule has 0 aliphatic carbocycles. The van der Waals surface area contributed by atoms with E-state index in [9.17, 15) is 18.0 Å². The van der Waals surface area contributed by atoms with E-state index >= 15 is 0 Å². The number of nitrogens with one attached hydrogen (secondary N) is 1. The molecule has 1 atom stereocenters. The summed E-state index contributed by atoms with van der Waals surface area (Å²) in [5.74, 6) is -0.438. The van der Waals surface area contributed by atoms with Crippen molar-refractivity contribution in [3.8, 4) is 0 Å². The lowest BCUT2D eigenvalue weighted by Gasteiger charge is -2.32. The molecule has 0 aromatic heterocycles. The number of para-hydroxylation sites is 1. The first kappa shape index (κ1) is 31.2. The molecule has 0 saturated heterocycles. The van der Waals surface area contributed by atoms with E-state index in [0.717, 1.165) is 23.1 Å². The van der Waals surface area contributed by atoms with Gasteiger partial charge in [-0.3, -0.25) is 13.9 Å². The standard InChI is InChI=1S/C31H38ClN3O4S/c1-4-20-33-31(37)29(22-25-12-6-5-7-13-25)34(23-26-16-18-27(32)19-17-26)30(36)15-10-21-35(40(3,38)39)28-14-9-8-11-24(28)2/h5-9,11-14,16-19,29H,4,10,15,20-23H2,1-3H3,(H,33,37)/t29-/m1/s1. The normalized spacial score (nSPS) is 12.0. The van der Waals surface area contributed by atoms with Crippen molar-refractivity contribution < 1.29 is 18.0 Å². The summed E-state index contributed by atoms with van der Waals surface area (Å²) in [6.07, 6.45) is 2.68. The molecule has 0 fully saturated rings. The van der Waals surface area contributed by atoms with Gasteiger partial charge in [-0.1, -0.05) is 79.2 Å². The summed E-state index contributed by atoms with van der Waals surface area (Å²) in [5, 5.41) is 3.55. The number of aryl methyl sites for hydroxylation is 1. The molecule has 3 rings (SSSR count). The van der Waals surface area contributed by atoms with Crippen molar-refractivity contribution in [2.75, 3.05) is 23.7 Å². The van der Waals surface area contributed by atoms with Gasteiger partial charge in [0.25, 0.3) is 0 Å². The Kier molecular flexibility index (Phi) is 11.6. The van der Waals surface area contributed by atoms with Gasteiger partial charge in [-0.05, 0) is 54.7 Å². The predicted molar refractivity (Wildman–Crippen MR) is 162 cm³/mol. The average Bonchev–Trinajstić information content (AvgIpc) is 2.93. The van der Waals surface area contributed by atoms with E-state index in [1.165, 1.54) is 10.6 Å². The fourth-order valence-electron chi connectivity index (χ4n) is 4.53. The highest BCUT2D eigenvalue weighted by molar-refractivity contribution is 7.92. The second-order valence-corrected chi connectivity index (χ2v) is 12.2. The van der Waals surface area contributed by atoms with Crippen LogP contribution in [0.2, 0.25) is 5.02 Å². The van der Waals surface area contributed by atoms with E-state index in [4.69, 9.17) is 11.6 Å². The van der Waals surface area contributed by atoms with Crippen LogP contribution in [-0.2, 0) is 32.6 Å². The maximum atomic E-state index is 13.8. The van der Waals surface area contributed by atoms with Gasteiger partial charge < -0.3 is 10.2 Å². The Morgan fingerprint density at radius 2 is 1.57 bits per heavy atom. The number of benzene rings is 3. The third kappa shape index (κ3) is 9.10. The van der Waals surface area contributed by atoms with Crippen LogP contribution in [0.1, 0.15) is 42.9 Å². The Labute approximate surface area is 243 Å². The van der Waals surface area contributed by atoms with E-state index in [-0.39, 0.29) is 31.3 Å². The number of halogens is 1. The summed E-state index contributed by atoms with van der Waals surface area (Å²) in [5.41, 5.74) is 3.21. The summed E-state index contributed by atoms with van der Waals surface area (Å²) < 4.78 is 26.6. The van der Waals surface area contributed by atoms with E-state index in [2.05, 4.69) is 5.32 Å². The van der Waals surface area contributed by atoms with Crippen molar-refractivity contribution in [3.63, 3.8) is 0 Å². The SMILES string of the molecule is CCCNC(=O)[C@@H](Cc1ccccc1)N(Cc1ccc(Cl)cc1)C(=O)CCCN(c1ccccc1C)S(C)(=O)=O. The Morgan fingerprint density at radius 3 is 2.20 bits per heavy atom. The predicted octanol–water partition coefficient (Wildman–Crippen LogP) is 5.36. The molecule has 0 aliphatic heterocycles.